The first kappa shape index (κ1) is 21.2. The van der Waals surface area contributed by atoms with E-state index >= 15 is 0 Å². The minimum Gasteiger partial charge on any atom is -0.496 e. The third kappa shape index (κ3) is 4.99. The van der Waals surface area contributed by atoms with E-state index < -0.39 is 0 Å². The predicted molar refractivity (Wildman–Crippen MR) is 107 cm³/mol. The molecule has 2 aromatic rings. The maximum atomic E-state index is 13.4. The zero-order valence-electron chi connectivity index (χ0n) is 15.7. The van der Waals surface area contributed by atoms with Crippen LogP contribution in [0.5, 0.6) is 5.75 Å². The second-order valence-electron chi connectivity index (χ2n) is 6.73. The molecule has 1 aliphatic heterocycles. The molecule has 27 heavy (non-hydrogen) atoms. The van der Waals surface area contributed by atoms with Crippen LogP contribution in [0, 0.1) is 11.7 Å². The Morgan fingerprint density at radius 3 is 2.81 bits per heavy atom. The molecule has 2 atom stereocenters. The molecule has 146 valence electrons. The normalized spacial score (nSPS) is 17.7. The van der Waals surface area contributed by atoms with Crippen molar-refractivity contribution in [1.82, 2.24) is 10.2 Å². The van der Waals surface area contributed by atoms with Gasteiger partial charge in [0, 0.05) is 31.1 Å². The fraction of sp³-hybridized carbons (Fsp3) is 0.381. The van der Waals surface area contributed by atoms with Crippen molar-refractivity contribution >= 4 is 18.3 Å². The third-order valence-electron chi connectivity index (χ3n) is 4.88. The van der Waals surface area contributed by atoms with Crippen molar-refractivity contribution in [2.75, 3.05) is 26.7 Å². The van der Waals surface area contributed by atoms with Crippen LogP contribution in [-0.2, 0) is 11.2 Å². The summed E-state index contributed by atoms with van der Waals surface area (Å²) in [7, 11) is 1.65. The molecule has 0 saturated carbocycles. The number of carbonyl (C=O) groups is 1. The molecule has 1 fully saturated rings. The number of halogens is 2. The van der Waals surface area contributed by atoms with Gasteiger partial charge >= 0.3 is 0 Å². The highest BCUT2D eigenvalue weighted by molar-refractivity contribution is 5.85. The lowest BCUT2D eigenvalue weighted by Gasteiger charge is -2.38. The average molecular weight is 393 g/mol. The van der Waals surface area contributed by atoms with E-state index in [1.165, 1.54) is 12.1 Å². The van der Waals surface area contributed by atoms with Gasteiger partial charge < -0.3 is 15.0 Å². The molecule has 0 radical (unpaired) electrons. The van der Waals surface area contributed by atoms with Crippen LogP contribution in [0.25, 0.3) is 0 Å². The van der Waals surface area contributed by atoms with Crippen LogP contribution in [0.2, 0.25) is 0 Å². The highest BCUT2D eigenvalue weighted by Gasteiger charge is 2.32. The molecule has 0 spiro atoms. The van der Waals surface area contributed by atoms with Crippen molar-refractivity contribution in [2.45, 2.75) is 19.4 Å². The average Bonchev–Trinajstić information content (AvgIpc) is 2.67. The summed E-state index contributed by atoms with van der Waals surface area (Å²) in [6.45, 7) is 4.02. The molecule has 0 aromatic heterocycles. The Morgan fingerprint density at radius 2 is 2.07 bits per heavy atom. The van der Waals surface area contributed by atoms with Crippen molar-refractivity contribution < 1.29 is 13.9 Å². The first-order valence-corrected chi connectivity index (χ1v) is 8.98. The van der Waals surface area contributed by atoms with Crippen molar-refractivity contribution in [2.24, 2.45) is 5.92 Å². The smallest absolute Gasteiger partial charge is 0.226 e. The Hall–Kier alpha value is -2.11. The number of nitrogens with one attached hydrogen (secondary N) is 1. The molecule has 3 rings (SSSR count). The van der Waals surface area contributed by atoms with Gasteiger partial charge in [0.15, 0.2) is 0 Å². The van der Waals surface area contributed by atoms with Crippen LogP contribution in [0.4, 0.5) is 4.39 Å². The number of carbonyl (C=O) groups excluding carboxylic acids is 1. The Morgan fingerprint density at radius 1 is 1.30 bits per heavy atom. The number of hydrogen-bond acceptors (Lipinski definition) is 3. The Kier molecular flexibility index (Phi) is 7.63. The molecule has 6 heteroatoms. The number of nitrogens with zero attached hydrogens (tertiary/aromatic N) is 1. The van der Waals surface area contributed by atoms with Crippen LogP contribution in [-0.4, -0.2) is 37.6 Å². The minimum absolute atomic E-state index is 0. The van der Waals surface area contributed by atoms with Crippen LogP contribution >= 0.6 is 12.4 Å². The molecular formula is C21H26ClFN2O2. The summed E-state index contributed by atoms with van der Waals surface area (Å²) < 4.78 is 18.9. The lowest BCUT2D eigenvalue weighted by atomic mass is 9.96. The molecule has 0 bridgehead atoms. The fourth-order valence-corrected chi connectivity index (χ4v) is 3.58. The highest BCUT2D eigenvalue weighted by atomic mass is 35.5. The highest BCUT2D eigenvalue weighted by Crippen LogP contribution is 2.31. The van der Waals surface area contributed by atoms with Crippen LogP contribution in [0.3, 0.4) is 0 Å². The minimum atomic E-state index is -0.267. The van der Waals surface area contributed by atoms with Gasteiger partial charge in [-0.2, -0.15) is 0 Å². The summed E-state index contributed by atoms with van der Waals surface area (Å²) in [6, 6.07) is 14.2. The topological polar surface area (TPSA) is 41.6 Å². The van der Waals surface area contributed by atoms with Gasteiger partial charge in [-0.15, -0.1) is 12.4 Å². The Labute approximate surface area is 166 Å². The van der Waals surface area contributed by atoms with E-state index in [2.05, 4.69) is 5.32 Å². The number of piperazine rings is 1. The molecule has 2 aromatic carbocycles. The van der Waals surface area contributed by atoms with Gasteiger partial charge in [0.2, 0.25) is 5.91 Å². The van der Waals surface area contributed by atoms with Gasteiger partial charge in [-0.1, -0.05) is 37.3 Å². The Balaban J connectivity index is 0.00000261. The number of rotatable bonds is 5. The summed E-state index contributed by atoms with van der Waals surface area (Å²) >= 11 is 0. The third-order valence-corrected chi connectivity index (χ3v) is 4.88. The van der Waals surface area contributed by atoms with Crippen LogP contribution in [0.15, 0.2) is 48.5 Å². The molecule has 1 saturated heterocycles. The predicted octanol–water partition coefficient (Wildman–Crippen LogP) is 3.61. The van der Waals surface area contributed by atoms with Gasteiger partial charge in [0.25, 0.3) is 0 Å². The first-order chi connectivity index (χ1) is 12.6. The number of amides is 1. The second-order valence-corrected chi connectivity index (χ2v) is 6.73. The van der Waals surface area contributed by atoms with Gasteiger partial charge in [-0.3, -0.25) is 4.79 Å². The number of benzene rings is 2. The molecule has 2 unspecified atom stereocenters. The van der Waals surface area contributed by atoms with Crippen molar-refractivity contribution in [1.29, 1.82) is 0 Å². The van der Waals surface area contributed by atoms with E-state index in [0.29, 0.717) is 19.5 Å². The number of hydrogen-bond donors (Lipinski definition) is 1. The fourth-order valence-electron chi connectivity index (χ4n) is 3.58. The van der Waals surface area contributed by atoms with Gasteiger partial charge in [-0.25, -0.2) is 4.39 Å². The SMILES string of the molecule is COc1ccccc1C1CNCCN1C(=O)C(C)Cc1cccc(F)c1.Cl. The van der Waals surface area contributed by atoms with E-state index in [0.717, 1.165) is 23.4 Å². The number of para-hydroxylation sites is 1. The molecule has 1 amide bonds. The van der Waals surface area contributed by atoms with Crippen molar-refractivity contribution in [3.8, 4) is 5.75 Å². The lowest BCUT2D eigenvalue weighted by Crippen LogP contribution is -2.50. The zero-order chi connectivity index (χ0) is 18.5. The van der Waals surface area contributed by atoms with Gasteiger partial charge in [-0.05, 0) is 30.2 Å². The van der Waals surface area contributed by atoms with Gasteiger partial charge in [0.1, 0.15) is 11.6 Å². The first-order valence-electron chi connectivity index (χ1n) is 8.98. The van der Waals surface area contributed by atoms with Crippen molar-refractivity contribution in [3.05, 3.63) is 65.5 Å². The zero-order valence-corrected chi connectivity index (χ0v) is 16.5. The monoisotopic (exact) mass is 392 g/mol. The van der Waals surface area contributed by atoms with E-state index in [1.54, 1.807) is 13.2 Å². The van der Waals surface area contributed by atoms with Crippen LogP contribution in [0.1, 0.15) is 24.1 Å². The summed E-state index contributed by atoms with van der Waals surface area (Å²) in [5.74, 6) is 0.395. The van der Waals surface area contributed by atoms with E-state index in [1.807, 2.05) is 42.2 Å². The molecule has 1 heterocycles. The number of methoxy groups -OCH3 is 1. The number of ether oxygens (including phenoxy) is 1. The van der Waals surface area contributed by atoms with Gasteiger partial charge in [0.05, 0.1) is 13.2 Å². The molecule has 1 aliphatic rings. The Bertz CT molecular complexity index is 771. The van der Waals surface area contributed by atoms with Crippen molar-refractivity contribution in [3.63, 3.8) is 0 Å². The second kappa shape index (κ2) is 9.72. The van der Waals surface area contributed by atoms with E-state index in [9.17, 15) is 9.18 Å². The summed E-state index contributed by atoms with van der Waals surface area (Å²) in [5.41, 5.74) is 1.85. The molecule has 1 N–H and O–H groups in total. The maximum Gasteiger partial charge on any atom is 0.226 e. The van der Waals surface area contributed by atoms with E-state index in [4.69, 9.17) is 4.74 Å². The largest absolute Gasteiger partial charge is 0.496 e. The lowest BCUT2D eigenvalue weighted by molar-refractivity contribution is -0.138. The standard InChI is InChI=1S/C21H25FN2O2.ClH/c1-15(12-16-6-5-7-17(22)13-16)21(25)24-11-10-23-14-19(24)18-8-3-4-9-20(18)26-2;/h3-9,13,15,19,23H,10-12,14H2,1-2H3;1H. The summed E-state index contributed by atoms with van der Waals surface area (Å²) in [4.78, 5) is 15.1. The van der Waals surface area contributed by atoms with E-state index in [-0.39, 0.29) is 36.1 Å². The summed E-state index contributed by atoms with van der Waals surface area (Å²) in [5, 5.41) is 3.37. The quantitative estimate of drug-likeness (QED) is 0.845. The molecular weight excluding hydrogens is 367 g/mol. The summed E-state index contributed by atoms with van der Waals surface area (Å²) in [6.07, 6.45) is 0.527. The van der Waals surface area contributed by atoms with Crippen LogP contribution < -0.4 is 10.1 Å². The molecule has 4 nitrogen and oxygen atoms in total. The molecule has 0 aliphatic carbocycles. The maximum absolute atomic E-state index is 13.4.